The zero-order valence-corrected chi connectivity index (χ0v) is 28.4. The molecule has 52 heavy (non-hydrogen) atoms. The molecule has 10 nitrogen and oxygen atoms in total. The third kappa shape index (κ3) is 9.27. The van der Waals surface area contributed by atoms with E-state index in [2.05, 4.69) is 20.5 Å². The van der Waals surface area contributed by atoms with E-state index in [1.54, 1.807) is 36.4 Å². The van der Waals surface area contributed by atoms with E-state index in [-0.39, 0.29) is 36.1 Å². The van der Waals surface area contributed by atoms with E-state index >= 15 is 17.6 Å². The van der Waals surface area contributed by atoms with E-state index < -0.39 is 34.8 Å². The standard InChI is InChI=1S/C38H36F4N6O4/c1-3-47(19-21-49)29-15-11-25(12-16-29)43-45-27-7-5-9-31(23-27)51-37-33(39)35(41)38(36(42)34(37)40)52-32-10-6-8-28(24-32)46-44-26-13-17-30(18-14-26)48(4-2)20-22-50/h5-18,23-24,49-50H,3-4,19-22H2,1-2H3. The van der Waals surface area contributed by atoms with E-state index in [4.69, 9.17) is 9.47 Å². The van der Waals surface area contributed by atoms with Crippen LogP contribution in [0.25, 0.3) is 0 Å². The minimum atomic E-state index is -1.80. The number of ether oxygens (including phenoxy) is 2. The molecule has 0 spiro atoms. The molecule has 2 N–H and O–H groups in total. The Kier molecular flexibility index (Phi) is 12.9. The molecule has 0 fully saturated rings. The van der Waals surface area contributed by atoms with Gasteiger partial charge in [0.1, 0.15) is 11.5 Å². The fourth-order valence-electron chi connectivity index (χ4n) is 5.10. The summed E-state index contributed by atoms with van der Waals surface area (Å²) >= 11 is 0. The van der Waals surface area contributed by atoms with Gasteiger partial charge in [-0.3, -0.25) is 0 Å². The molecule has 5 aromatic carbocycles. The highest BCUT2D eigenvalue weighted by atomic mass is 19.2. The van der Waals surface area contributed by atoms with Crippen LogP contribution < -0.4 is 19.3 Å². The summed E-state index contributed by atoms with van der Waals surface area (Å²) in [5.74, 6) is -10.1. The number of azo groups is 2. The molecule has 0 aliphatic carbocycles. The first-order valence-corrected chi connectivity index (χ1v) is 16.4. The van der Waals surface area contributed by atoms with E-state index in [9.17, 15) is 10.2 Å². The Labute approximate surface area is 297 Å². The summed E-state index contributed by atoms with van der Waals surface area (Å²) < 4.78 is 71.2. The molecule has 270 valence electrons. The first kappa shape index (κ1) is 37.4. The van der Waals surface area contributed by atoms with E-state index in [1.807, 2.05) is 47.9 Å². The summed E-state index contributed by atoms with van der Waals surface area (Å²) in [5.41, 5.74) is 3.33. The van der Waals surface area contributed by atoms with Crippen LogP contribution in [0.4, 0.5) is 51.7 Å². The second kappa shape index (κ2) is 17.9. The predicted octanol–water partition coefficient (Wildman–Crippen LogP) is 10.3. The highest BCUT2D eigenvalue weighted by Crippen LogP contribution is 2.40. The number of likely N-dealkylation sites (N-methyl/N-ethyl adjacent to an activating group) is 2. The molecule has 0 saturated heterocycles. The Balaban J connectivity index is 1.28. The molecule has 0 atom stereocenters. The van der Waals surface area contributed by atoms with Crippen LogP contribution in [-0.2, 0) is 0 Å². The van der Waals surface area contributed by atoms with Crippen molar-refractivity contribution in [3.63, 3.8) is 0 Å². The smallest absolute Gasteiger partial charge is 0.208 e. The Bertz CT molecular complexity index is 1840. The third-order valence-corrected chi connectivity index (χ3v) is 7.75. The zero-order chi connectivity index (χ0) is 37.0. The maximum atomic E-state index is 15.2. The molecule has 0 amide bonds. The van der Waals surface area contributed by atoms with Crippen molar-refractivity contribution in [2.75, 3.05) is 49.2 Å². The number of hydrogen-bond donors (Lipinski definition) is 2. The number of rotatable bonds is 16. The topological polar surface area (TPSA) is 115 Å². The molecular formula is C38H36F4N6O4. The maximum absolute atomic E-state index is 15.2. The van der Waals surface area contributed by atoms with Crippen molar-refractivity contribution in [1.82, 2.24) is 0 Å². The van der Waals surface area contributed by atoms with Gasteiger partial charge in [0.2, 0.25) is 34.8 Å². The lowest BCUT2D eigenvalue weighted by Crippen LogP contribution is -2.25. The fraction of sp³-hybridized carbons (Fsp3) is 0.211. The van der Waals surface area contributed by atoms with Gasteiger partial charge < -0.3 is 29.5 Å². The average molecular weight is 717 g/mol. The van der Waals surface area contributed by atoms with Crippen LogP contribution >= 0.6 is 0 Å². The van der Waals surface area contributed by atoms with Crippen molar-refractivity contribution in [2.45, 2.75) is 13.8 Å². The summed E-state index contributed by atoms with van der Waals surface area (Å²) in [4.78, 5) is 3.97. The lowest BCUT2D eigenvalue weighted by molar-refractivity contribution is 0.302. The van der Waals surface area contributed by atoms with Gasteiger partial charge in [0.05, 0.1) is 36.0 Å². The predicted molar refractivity (Wildman–Crippen MR) is 190 cm³/mol. The largest absolute Gasteiger partial charge is 0.451 e. The minimum Gasteiger partial charge on any atom is -0.451 e. The SMILES string of the molecule is CCN(CCO)c1ccc(N=Nc2cccc(Oc3c(F)c(F)c(Oc4cccc(N=Nc5ccc(N(CC)CCO)cc5)c4)c(F)c3F)c2)cc1. The Morgan fingerprint density at radius 1 is 0.500 bits per heavy atom. The summed E-state index contributed by atoms with van der Waals surface area (Å²) in [6.45, 7) is 6.38. The van der Waals surface area contributed by atoms with Crippen molar-refractivity contribution >= 4 is 34.1 Å². The molecule has 0 aliphatic heterocycles. The first-order valence-electron chi connectivity index (χ1n) is 16.4. The van der Waals surface area contributed by atoms with Crippen LogP contribution in [-0.4, -0.2) is 49.6 Å². The molecule has 0 saturated carbocycles. The van der Waals surface area contributed by atoms with Crippen LogP contribution in [0.3, 0.4) is 0 Å². The Morgan fingerprint density at radius 2 is 0.846 bits per heavy atom. The highest BCUT2D eigenvalue weighted by Gasteiger charge is 2.29. The summed E-state index contributed by atoms with van der Waals surface area (Å²) in [6, 6.07) is 25.6. The monoisotopic (exact) mass is 716 g/mol. The summed E-state index contributed by atoms with van der Waals surface area (Å²) in [6.07, 6.45) is 0. The van der Waals surface area contributed by atoms with Crippen molar-refractivity contribution in [3.05, 3.63) is 120 Å². The maximum Gasteiger partial charge on any atom is 0.208 e. The molecule has 5 aromatic rings. The van der Waals surface area contributed by atoms with E-state index in [0.717, 1.165) is 11.4 Å². The molecule has 0 unspecified atom stereocenters. The molecule has 0 bridgehead atoms. The third-order valence-electron chi connectivity index (χ3n) is 7.75. The fourth-order valence-corrected chi connectivity index (χ4v) is 5.10. The van der Waals surface area contributed by atoms with Gasteiger partial charge in [-0.25, -0.2) is 0 Å². The minimum absolute atomic E-state index is 0.0195. The Hall–Kier alpha value is -5.86. The average Bonchev–Trinajstić information content (AvgIpc) is 3.18. The van der Waals surface area contributed by atoms with Gasteiger partial charge in [-0.15, -0.1) is 0 Å². The van der Waals surface area contributed by atoms with Gasteiger partial charge in [-0.1, -0.05) is 12.1 Å². The van der Waals surface area contributed by atoms with E-state index in [1.165, 1.54) is 36.4 Å². The lowest BCUT2D eigenvalue weighted by Gasteiger charge is -2.21. The molecule has 5 rings (SSSR count). The quantitative estimate of drug-likeness (QED) is 0.0597. The van der Waals surface area contributed by atoms with Gasteiger partial charge in [0, 0.05) is 49.7 Å². The van der Waals surface area contributed by atoms with Gasteiger partial charge in [0.25, 0.3) is 0 Å². The lowest BCUT2D eigenvalue weighted by atomic mass is 10.2. The molecule has 14 heteroatoms. The van der Waals surface area contributed by atoms with Gasteiger partial charge >= 0.3 is 0 Å². The van der Waals surface area contributed by atoms with Gasteiger partial charge in [-0.05, 0) is 86.6 Å². The van der Waals surface area contributed by atoms with Crippen LogP contribution in [0, 0.1) is 23.3 Å². The second-order valence-electron chi connectivity index (χ2n) is 11.2. The van der Waals surface area contributed by atoms with Gasteiger partial charge in [-0.2, -0.15) is 38.0 Å². The molecule has 0 aromatic heterocycles. The number of hydrogen-bond acceptors (Lipinski definition) is 10. The summed E-state index contributed by atoms with van der Waals surface area (Å²) in [7, 11) is 0. The number of benzene rings is 5. The first-order chi connectivity index (χ1) is 25.2. The number of anilines is 2. The normalized spacial score (nSPS) is 11.4. The van der Waals surface area contributed by atoms with Crippen LogP contribution in [0.2, 0.25) is 0 Å². The van der Waals surface area contributed by atoms with Crippen LogP contribution in [0.15, 0.2) is 118 Å². The van der Waals surface area contributed by atoms with Crippen LogP contribution in [0.1, 0.15) is 13.8 Å². The van der Waals surface area contributed by atoms with E-state index in [0.29, 0.717) is 37.6 Å². The number of aliphatic hydroxyl groups excluding tert-OH is 2. The number of halogens is 4. The summed E-state index contributed by atoms with van der Waals surface area (Å²) in [5, 5.41) is 35.0. The molecular weight excluding hydrogens is 680 g/mol. The molecule has 0 aliphatic rings. The van der Waals surface area contributed by atoms with Crippen molar-refractivity contribution in [3.8, 4) is 23.0 Å². The van der Waals surface area contributed by atoms with Crippen molar-refractivity contribution in [2.24, 2.45) is 20.5 Å². The molecule has 0 radical (unpaired) electrons. The molecule has 0 heterocycles. The van der Waals surface area contributed by atoms with Crippen molar-refractivity contribution in [1.29, 1.82) is 0 Å². The zero-order valence-electron chi connectivity index (χ0n) is 28.4. The second-order valence-corrected chi connectivity index (χ2v) is 11.2. The Morgan fingerprint density at radius 3 is 1.17 bits per heavy atom. The highest BCUT2D eigenvalue weighted by molar-refractivity contribution is 5.55. The van der Waals surface area contributed by atoms with Crippen LogP contribution in [0.5, 0.6) is 23.0 Å². The van der Waals surface area contributed by atoms with Gasteiger partial charge in [0.15, 0.2) is 0 Å². The van der Waals surface area contributed by atoms with Crippen molar-refractivity contribution < 1.29 is 37.2 Å². The number of nitrogens with zero attached hydrogens (tertiary/aromatic N) is 6. The number of aliphatic hydroxyl groups is 2.